The van der Waals surface area contributed by atoms with Crippen molar-refractivity contribution in [3.63, 3.8) is 0 Å². The van der Waals surface area contributed by atoms with Gasteiger partial charge in [0.15, 0.2) is 11.5 Å². The lowest BCUT2D eigenvalue weighted by atomic mass is 10.1. The molecule has 2 rings (SSSR count). The second kappa shape index (κ2) is 5.77. The van der Waals surface area contributed by atoms with Gasteiger partial charge in [0.25, 0.3) is 0 Å². The summed E-state index contributed by atoms with van der Waals surface area (Å²) >= 11 is 0. The lowest BCUT2D eigenvalue weighted by Gasteiger charge is -2.24. The van der Waals surface area contributed by atoms with Crippen molar-refractivity contribution in [1.82, 2.24) is 5.32 Å². The van der Waals surface area contributed by atoms with Crippen LogP contribution in [0.1, 0.15) is 12.8 Å². The van der Waals surface area contributed by atoms with E-state index in [4.69, 9.17) is 14.2 Å². The predicted octanol–water partition coefficient (Wildman–Crippen LogP) is 1.83. The number of hydrogen-bond acceptors (Lipinski definition) is 4. The average molecular weight is 237 g/mol. The summed E-state index contributed by atoms with van der Waals surface area (Å²) in [4.78, 5) is 0. The first-order valence-corrected chi connectivity index (χ1v) is 5.93. The fourth-order valence-electron chi connectivity index (χ4n) is 1.97. The van der Waals surface area contributed by atoms with Crippen molar-refractivity contribution >= 4 is 0 Å². The number of rotatable bonds is 4. The van der Waals surface area contributed by atoms with Gasteiger partial charge < -0.3 is 19.5 Å². The normalized spacial score (nSPS) is 16.6. The van der Waals surface area contributed by atoms with Gasteiger partial charge in [-0.25, -0.2) is 0 Å². The molecule has 0 saturated carbocycles. The molecule has 1 fully saturated rings. The molecule has 1 heterocycles. The van der Waals surface area contributed by atoms with Crippen molar-refractivity contribution < 1.29 is 14.2 Å². The Morgan fingerprint density at radius 3 is 2.47 bits per heavy atom. The second-order valence-electron chi connectivity index (χ2n) is 4.08. The Kier molecular flexibility index (Phi) is 4.09. The number of nitrogens with one attached hydrogen (secondary N) is 1. The highest BCUT2D eigenvalue weighted by atomic mass is 16.5. The second-order valence-corrected chi connectivity index (χ2v) is 4.08. The minimum Gasteiger partial charge on any atom is -0.497 e. The topological polar surface area (TPSA) is 39.7 Å². The first-order chi connectivity index (χ1) is 8.33. The first-order valence-electron chi connectivity index (χ1n) is 5.93. The molecule has 1 N–H and O–H groups in total. The number of piperidine rings is 1. The van der Waals surface area contributed by atoms with Crippen molar-refractivity contribution in [2.75, 3.05) is 27.3 Å². The standard InChI is InChI=1S/C13H19NO3/c1-15-11-3-4-12(16-2)13(9-11)17-10-5-7-14-8-6-10/h3-4,9-10,14H,5-8H2,1-2H3. The van der Waals surface area contributed by atoms with E-state index in [-0.39, 0.29) is 6.10 Å². The summed E-state index contributed by atoms with van der Waals surface area (Å²) in [6.45, 7) is 2.02. The minimum atomic E-state index is 0.261. The van der Waals surface area contributed by atoms with Crippen LogP contribution >= 0.6 is 0 Å². The average Bonchev–Trinajstić information content (AvgIpc) is 2.40. The van der Waals surface area contributed by atoms with E-state index in [1.807, 2.05) is 18.2 Å². The molecule has 0 spiro atoms. The van der Waals surface area contributed by atoms with E-state index < -0.39 is 0 Å². The van der Waals surface area contributed by atoms with Crippen LogP contribution < -0.4 is 19.5 Å². The number of hydrogen-bond donors (Lipinski definition) is 1. The zero-order valence-electron chi connectivity index (χ0n) is 10.4. The summed E-state index contributed by atoms with van der Waals surface area (Å²) < 4.78 is 16.5. The van der Waals surface area contributed by atoms with E-state index in [2.05, 4.69) is 5.32 Å². The van der Waals surface area contributed by atoms with Crippen LogP contribution in [-0.2, 0) is 0 Å². The molecule has 0 aromatic heterocycles. The van der Waals surface area contributed by atoms with Gasteiger partial charge in [-0.05, 0) is 38.1 Å². The van der Waals surface area contributed by atoms with E-state index >= 15 is 0 Å². The number of benzene rings is 1. The maximum absolute atomic E-state index is 5.97. The minimum absolute atomic E-state index is 0.261. The van der Waals surface area contributed by atoms with Crippen LogP contribution in [0, 0.1) is 0 Å². The molecule has 0 atom stereocenters. The summed E-state index contributed by atoms with van der Waals surface area (Å²) in [6.07, 6.45) is 2.32. The molecule has 1 aromatic rings. The van der Waals surface area contributed by atoms with Gasteiger partial charge >= 0.3 is 0 Å². The molecule has 1 saturated heterocycles. The van der Waals surface area contributed by atoms with E-state index in [1.165, 1.54) is 0 Å². The summed E-state index contributed by atoms with van der Waals surface area (Å²) in [5.74, 6) is 2.30. The Labute approximate surface area is 102 Å². The van der Waals surface area contributed by atoms with Crippen molar-refractivity contribution in [3.8, 4) is 17.2 Å². The zero-order valence-corrected chi connectivity index (χ0v) is 10.4. The van der Waals surface area contributed by atoms with Gasteiger partial charge in [-0.3, -0.25) is 0 Å². The fourth-order valence-corrected chi connectivity index (χ4v) is 1.97. The molecule has 1 aliphatic rings. The molecule has 4 nitrogen and oxygen atoms in total. The number of methoxy groups -OCH3 is 2. The monoisotopic (exact) mass is 237 g/mol. The van der Waals surface area contributed by atoms with E-state index in [0.29, 0.717) is 0 Å². The zero-order chi connectivity index (χ0) is 12.1. The van der Waals surface area contributed by atoms with Crippen LogP contribution in [0.3, 0.4) is 0 Å². The highest BCUT2D eigenvalue weighted by molar-refractivity contribution is 5.45. The van der Waals surface area contributed by atoms with Crippen LogP contribution in [0.2, 0.25) is 0 Å². The molecule has 0 amide bonds. The lowest BCUT2D eigenvalue weighted by molar-refractivity contribution is 0.156. The van der Waals surface area contributed by atoms with Crippen LogP contribution in [-0.4, -0.2) is 33.4 Å². The maximum Gasteiger partial charge on any atom is 0.165 e. The summed E-state index contributed by atoms with van der Waals surface area (Å²) in [5, 5.41) is 3.32. The van der Waals surface area contributed by atoms with Crippen LogP contribution in [0.4, 0.5) is 0 Å². The van der Waals surface area contributed by atoms with E-state index in [0.717, 1.165) is 43.2 Å². The number of ether oxygens (including phenoxy) is 3. The van der Waals surface area contributed by atoms with Gasteiger partial charge in [0, 0.05) is 6.07 Å². The van der Waals surface area contributed by atoms with Crippen molar-refractivity contribution in [2.45, 2.75) is 18.9 Å². The molecule has 94 valence electrons. The van der Waals surface area contributed by atoms with Crippen LogP contribution in [0.25, 0.3) is 0 Å². The highest BCUT2D eigenvalue weighted by Crippen LogP contribution is 2.32. The van der Waals surface area contributed by atoms with E-state index in [9.17, 15) is 0 Å². The third kappa shape index (κ3) is 3.03. The Bertz CT molecular complexity index is 362. The molecule has 0 bridgehead atoms. The maximum atomic E-state index is 5.97. The Morgan fingerprint density at radius 1 is 1.06 bits per heavy atom. The fraction of sp³-hybridized carbons (Fsp3) is 0.538. The van der Waals surface area contributed by atoms with Crippen molar-refractivity contribution in [3.05, 3.63) is 18.2 Å². The summed E-state index contributed by atoms with van der Waals surface area (Å²) in [7, 11) is 3.30. The Morgan fingerprint density at radius 2 is 1.82 bits per heavy atom. The van der Waals surface area contributed by atoms with Gasteiger partial charge in [0.05, 0.1) is 14.2 Å². The largest absolute Gasteiger partial charge is 0.497 e. The summed E-state index contributed by atoms with van der Waals surface area (Å²) in [5.41, 5.74) is 0. The lowest BCUT2D eigenvalue weighted by Crippen LogP contribution is -2.34. The first kappa shape index (κ1) is 12.0. The third-order valence-corrected chi connectivity index (χ3v) is 2.95. The van der Waals surface area contributed by atoms with E-state index in [1.54, 1.807) is 14.2 Å². The Balaban J connectivity index is 2.11. The van der Waals surface area contributed by atoms with Crippen molar-refractivity contribution in [2.24, 2.45) is 0 Å². The molecule has 0 unspecified atom stereocenters. The van der Waals surface area contributed by atoms with Gasteiger partial charge in [0.2, 0.25) is 0 Å². The van der Waals surface area contributed by atoms with Gasteiger partial charge in [-0.15, -0.1) is 0 Å². The quantitative estimate of drug-likeness (QED) is 0.867. The van der Waals surface area contributed by atoms with Crippen LogP contribution in [0.5, 0.6) is 17.2 Å². The molecule has 1 aromatic carbocycles. The molecule has 0 radical (unpaired) electrons. The molecule has 1 aliphatic heterocycles. The highest BCUT2D eigenvalue weighted by Gasteiger charge is 2.17. The van der Waals surface area contributed by atoms with Gasteiger partial charge in [-0.1, -0.05) is 0 Å². The smallest absolute Gasteiger partial charge is 0.165 e. The Hall–Kier alpha value is -1.42. The third-order valence-electron chi connectivity index (χ3n) is 2.95. The molecule has 0 aliphatic carbocycles. The van der Waals surface area contributed by atoms with Crippen molar-refractivity contribution in [1.29, 1.82) is 0 Å². The molecule has 4 heteroatoms. The van der Waals surface area contributed by atoms with Gasteiger partial charge in [0.1, 0.15) is 11.9 Å². The molecular weight excluding hydrogens is 218 g/mol. The molecular formula is C13H19NO3. The van der Waals surface area contributed by atoms with Crippen LogP contribution in [0.15, 0.2) is 18.2 Å². The molecule has 17 heavy (non-hydrogen) atoms. The SMILES string of the molecule is COc1ccc(OC)c(OC2CCNCC2)c1. The summed E-state index contributed by atoms with van der Waals surface area (Å²) in [6, 6.07) is 5.62. The predicted molar refractivity (Wildman–Crippen MR) is 66.1 cm³/mol. The van der Waals surface area contributed by atoms with Gasteiger partial charge in [-0.2, -0.15) is 0 Å².